The second-order valence-electron chi connectivity index (χ2n) is 4.80. The summed E-state index contributed by atoms with van der Waals surface area (Å²) in [4.78, 5) is 10.9. The third-order valence-corrected chi connectivity index (χ3v) is 6.30. The number of ketones is 1. The van der Waals surface area contributed by atoms with E-state index in [-0.39, 0.29) is 0 Å². The largest absolute Gasteiger partial charge is 0.293 e. The first-order valence-corrected chi connectivity index (χ1v) is 10.3. The molecule has 0 saturated carbocycles. The van der Waals surface area contributed by atoms with Crippen LogP contribution in [-0.4, -0.2) is 28.4 Å². The molecular weight excluding hydrogens is 425 g/mol. The van der Waals surface area contributed by atoms with Crippen molar-refractivity contribution in [3.8, 4) is 0 Å². The fraction of sp³-hybridized carbons (Fsp3) is 0.0714. The fourth-order valence-corrected chi connectivity index (χ4v) is 4.98. The minimum Gasteiger partial charge on any atom is -0.293 e. The van der Waals surface area contributed by atoms with E-state index in [0.717, 1.165) is 24.3 Å². The zero-order valence-corrected chi connectivity index (χ0v) is 15.2. The molecule has 24 heavy (non-hydrogen) atoms. The lowest BCUT2D eigenvalue weighted by Gasteiger charge is -2.09. The van der Waals surface area contributed by atoms with Crippen molar-refractivity contribution in [1.82, 2.24) is 0 Å². The maximum Gasteiger partial charge on any atom is 0.239 e. The zero-order chi connectivity index (χ0) is 18.1. The first kappa shape index (κ1) is 18.7. The summed E-state index contributed by atoms with van der Waals surface area (Å²) in [6, 6.07) is 8.20. The molecule has 0 saturated heterocycles. The Morgan fingerprint density at radius 3 is 2.17 bits per heavy atom. The molecule has 0 aromatic heterocycles. The molecule has 0 aliphatic rings. The van der Waals surface area contributed by atoms with Crippen molar-refractivity contribution < 1.29 is 26.0 Å². The van der Waals surface area contributed by atoms with Gasteiger partial charge in [0.15, 0.2) is 15.6 Å². The molecule has 0 aliphatic carbocycles. The molecule has 10 heteroatoms. The Kier molecular flexibility index (Phi) is 5.23. The van der Waals surface area contributed by atoms with Crippen LogP contribution in [0.15, 0.2) is 56.7 Å². The van der Waals surface area contributed by atoms with E-state index in [1.165, 1.54) is 18.2 Å². The second kappa shape index (κ2) is 6.71. The minimum atomic E-state index is -4.34. The number of sulfonamides is 1. The van der Waals surface area contributed by atoms with Gasteiger partial charge in [-0.1, -0.05) is 28.1 Å². The summed E-state index contributed by atoms with van der Waals surface area (Å²) >= 11 is 3.02. The lowest BCUT2D eigenvalue weighted by atomic mass is 10.1. The Bertz CT molecular complexity index is 1020. The number of rotatable bonds is 5. The van der Waals surface area contributed by atoms with E-state index in [0.29, 0.717) is 4.47 Å². The van der Waals surface area contributed by atoms with Crippen molar-refractivity contribution in [1.29, 1.82) is 0 Å². The highest BCUT2D eigenvalue weighted by Gasteiger charge is 2.27. The molecular formula is C14H11BrFNO5S2. The number of carbonyl (C=O) groups excluding carboxylic acids is 1. The summed E-state index contributed by atoms with van der Waals surface area (Å²) in [5.41, 5.74) is -0.408. The zero-order valence-electron chi connectivity index (χ0n) is 11.9. The standard InChI is InChI=1S/C14H11BrFNO5S2/c15-9-5-6-10(11(16)7-9)12(18)8-23(19,20)13-3-1-2-4-14(13)24(17,21)22/h1-7H,8H2,(H2,17,21,22). The molecule has 6 nitrogen and oxygen atoms in total. The molecule has 0 heterocycles. The van der Waals surface area contributed by atoms with Crippen LogP contribution in [0.5, 0.6) is 0 Å². The monoisotopic (exact) mass is 435 g/mol. The molecule has 0 unspecified atom stereocenters. The van der Waals surface area contributed by atoms with Crippen LogP contribution in [-0.2, 0) is 19.9 Å². The lowest BCUT2D eigenvalue weighted by molar-refractivity contribution is 0.101. The van der Waals surface area contributed by atoms with Crippen molar-refractivity contribution in [2.24, 2.45) is 5.14 Å². The fourth-order valence-electron chi connectivity index (χ4n) is 1.99. The van der Waals surface area contributed by atoms with Gasteiger partial charge in [-0.3, -0.25) is 4.79 Å². The summed E-state index contributed by atoms with van der Waals surface area (Å²) in [5.74, 6) is -2.97. The average Bonchev–Trinajstić information content (AvgIpc) is 2.45. The van der Waals surface area contributed by atoms with Crippen molar-refractivity contribution in [3.63, 3.8) is 0 Å². The summed E-state index contributed by atoms with van der Waals surface area (Å²) in [7, 11) is -8.64. The summed E-state index contributed by atoms with van der Waals surface area (Å²) in [5, 5.41) is 4.99. The average molecular weight is 436 g/mol. The number of hydrogen-bond acceptors (Lipinski definition) is 5. The molecule has 2 N–H and O–H groups in total. The van der Waals surface area contributed by atoms with Gasteiger partial charge in [0, 0.05) is 4.47 Å². The highest BCUT2D eigenvalue weighted by atomic mass is 79.9. The predicted molar refractivity (Wildman–Crippen MR) is 88.3 cm³/mol. The van der Waals surface area contributed by atoms with Gasteiger partial charge in [0.05, 0.1) is 10.5 Å². The summed E-state index contributed by atoms with van der Waals surface area (Å²) in [6.07, 6.45) is 0. The van der Waals surface area contributed by atoms with Crippen molar-refractivity contribution in [3.05, 3.63) is 58.3 Å². The van der Waals surface area contributed by atoms with Crippen LogP contribution in [0.1, 0.15) is 10.4 Å². The van der Waals surface area contributed by atoms with E-state index in [2.05, 4.69) is 15.9 Å². The SMILES string of the molecule is NS(=O)(=O)c1ccccc1S(=O)(=O)CC(=O)c1ccc(Br)cc1F. The molecule has 0 atom stereocenters. The Hall–Kier alpha value is -1.62. The molecule has 0 spiro atoms. The summed E-state index contributed by atoms with van der Waals surface area (Å²) in [6.45, 7) is 0. The van der Waals surface area contributed by atoms with E-state index in [4.69, 9.17) is 5.14 Å². The Labute approximate surface area is 146 Å². The van der Waals surface area contributed by atoms with Gasteiger partial charge < -0.3 is 0 Å². The van der Waals surface area contributed by atoms with Gasteiger partial charge in [0.2, 0.25) is 10.0 Å². The van der Waals surface area contributed by atoms with Crippen molar-refractivity contribution in [2.45, 2.75) is 9.79 Å². The Balaban J connectivity index is 2.45. The van der Waals surface area contributed by atoms with Crippen LogP contribution in [0, 0.1) is 5.82 Å². The molecule has 0 amide bonds. The quantitative estimate of drug-likeness (QED) is 0.720. The van der Waals surface area contributed by atoms with E-state index in [1.807, 2.05) is 0 Å². The number of hydrogen-bond donors (Lipinski definition) is 1. The lowest BCUT2D eigenvalue weighted by Crippen LogP contribution is -2.22. The van der Waals surface area contributed by atoms with Crippen LogP contribution in [0.2, 0.25) is 0 Å². The molecule has 0 aliphatic heterocycles. The van der Waals surface area contributed by atoms with Gasteiger partial charge in [0.1, 0.15) is 16.5 Å². The molecule has 2 aromatic carbocycles. The number of sulfone groups is 1. The van der Waals surface area contributed by atoms with Crippen LogP contribution < -0.4 is 5.14 Å². The van der Waals surface area contributed by atoms with Crippen molar-refractivity contribution >= 4 is 41.6 Å². The molecule has 128 valence electrons. The number of carbonyl (C=O) groups is 1. The number of primary sulfonamides is 1. The van der Waals surface area contributed by atoms with Gasteiger partial charge in [-0.05, 0) is 30.3 Å². The maximum absolute atomic E-state index is 13.8. The van der Waals surface area contributed by atoms with E-state index in [9.17, 15) is 26.0 Å². The number of benzene rings is 2. The normalized spacial score (nSPS) is 12.1. The van der Waals surface area contributed by atoms with Gasteiger partial charge in [0.25, 0.3) is 0 Å². The summed E-state index contributed by atoms with van der Waals surface area (Å²) < 4.78 is 62.0. The first-order valence-electron chi connectivity index (χ1n) is 6.35. The molecule has 0 bridgehead atoms. The Morgan fingerprint density at radius 1 is 1.04 bits per heavy atom. The predicted octanol–water partition coefficient (Wildman–Crippen LogP) is 1.89. The third kappa shape index (κ3) is 4.07. The third-order valence-electron chi connectivity index (χ3n) is 3.04. The second-order valence-corrected chi connectivity index (χ2v) is 9.20. The highest BCUT2D eigenvalue weighted by molar-refractivity contribution is 9.10. The topological polar surface area (TPSA) is 111 Å². The maximum atomic E-state index is 13.8. The minimum absolute atomic E-state index is 0.388. The van der Waals surface area contributed by atoms with Gasteiger partial charge in [-0.15, -0.1) is 0 Å². The van der Waals surface area contributed by atoms with Crippen LogP contribution in [0.25, 0.3) is 0 Å². The molecule has 0 radical (unpaired) electrons. The number of Topliss-reactive ketones (excluding diaryl/α,β-unsaturated/α-hetero) is 1. The molecule has 0 fully saturated rings. The van der Waals surface area contributed by atoms with Crippen LogP contribution in [0.3, 0.4) is 0 Å². The smallest absolute Gasteiger partial charge is 0.239 e. The van der Waals surface area contributed by atoms with Crippen LogP contribution >= 0.6 is 15.9 Å². The van der Waals surface area contributed by atoms with Crippen molar-refractivity contribution in [2.75, 3.05) is 5.75 Å². The molecule has 2 rings (SSSR count). The highest BCUT2D eigenvalue weighted by Crippen LogP contribution is 2.22. The van der Waals surface area contributed by atoms with Gasteiger partial charge in [-0.25, -0.2) is 26.4 Å². The Morgan fingerprint density at radius 2 is 1.62 bits per heavy atom. The van der Waals surface area contributed by atoms with Gasteiger partial charge >= 0.3 is 0 Å². The number of halogens is 2. The van der Waals surface area contributed by atoms with E-state index in [1.54, 1.807) is 0 Å². The van der Waals surface area contributed by atoms with Gasteiger partial charge in [-0.2, -0.15) is 0 Å². The van der Waals surface area contributed by atoms with Crippen LogP contribution in [0.4, 0.5) is 4.39 Å². The van der Waals surface area contributed by atoms with E-state index >= 15 is 0 Å². The number of nitrogens with two attached hydrogens (primary N) is 1. The van der Waals surface area contributed by atoms with E-state index < -0.39 is 52.6 Å². The molecule has 2 aromatic rings. The first-order chi connectivity index (χ1) is 11.0.